The Morgan fingerprint density at radius 3 is 2.20 bits per heavy atom. The van der Waals surface area contributed by atoms with Crippen LogP contribution in [0.3, 0.4) is 0 Å². The molecule has 1 aliphatic rings. The van der Waals surface area contributed by atoms with Crippen LogP contribution in [0.4, 0.5) is 0 Å². The molecule has 1 heterocycles. The van der Waals surface area contributed by atoms with Gasteiger partial charge < -0.3 is 4.90 Å². The van der Waals surface area contributed by atoms with Gasteiger partial charge in [-0.1, -0.05) is 44.2 Å². The highest BCUT2D eigenvalue weighted by atomic mass is 15.3. The van der Waals surface area contributed by atoms with Crippen molar-refractivity contribution in [1.29, 1.82) is 0 Å². The first-order valence-electron chi connectivity index (χ1n) is 8.33. The standard InChI is InChI=1S/C18H30N2/c1-3-18(4-2)20-15-13-19(14-16-20)12-8-11-17-9-6-5-7-10-17/h5-7,9-10,18H,3-4,8,11-16H2,1-2H3. The molecule has 0 aliphatic carbocycles. The number of piperazine rings is 1. The molecule has 0 radical (unpaired) electrons. The molecule has 0 N–H and O–H groups in total. The minimum atomic E-state index is 0.807. The lowest BCUT2D eigenvalue weighted by molar-refractivity contribution is 0.0915. The van der Waals surface area contributed by atoms with E-state index in [4.69, 9.17) is 0 Å². The van der Waals surface area contributed by atoms with E-state index >= 15 is 0 Å². The summed E-state index contributed by atoms with van der Waals surface area (Å²) in [5, 5.41) is 0. The van der Waals surface area contributed by atoms with Gasteiger partial charge in [-0.05, 0) is 37.8 Å². The maximum atomic E-state index is 2.69. The molecule has 1 aromatic rings. The monoisotopic (exact) mass is 274 g/mol. The van der Waals surface area contributed by atoms with Gasteiger partial charge in [0.25, 0.3) is 0 Å². The van der Waals surface area contributed by atoms with E-state index in [1.54, 1.807) is 0 Å². The molecule has 2 rings (SSSR count). The predicted molar refractivity (Wildman–Crippen MR) is 87.1 cm³/mol. The number of hydrogen-bond donors (Lipinski definition) is 0. The van der Waals surface area contributed by atoms with E-state index in [9.17, 15) is 0 Å². The second-order valence-electron chi connectivity index (χ2n) is 5.94. The molecule has 112 valence electrons. The summed E-state index contributed by atoms with van der Waals surface area (Å²) in [5.74, 6) is 0. The molecular formula is C18H30N2. The summed E-state index contributed by atoms with van der Waals surface area (Å²) in [7, 11) is 0. The molecule has 1 saturated heterocycles. The van der Waals surface area contributed by atoms with E-state index in [1.807, 2.05) is 0 Å². The van der Waals surface area contributed by atoms with Crippen LogP contribution in [0, 0.1) is 0 Å². The molecular weight excluding hydrogens is 244 g/mol. The summed E-state index contributed by atoms with van der Waals surface area (Å²) in [6, 6.07) is 11.7. The topological polar surface area (TPSA) is 6.48 Å². The number of nitrogens with zero attached hydrogens (tertiary/aromatic N) is 2. The van der Waals surface area contributed by atoms with Crippen LogP contribution < -0.4 is 0 Å². The first-order valence-corrected chi connectivity index (χ1v) is 8.33. The van der Waals surface area contributed by atoms with Crippen LogP contribution in [0.25, 0.3) is 0 Å². The van der Waals surface area contributed by atoms with Gasteiger partial charge >= 0.3 is 0 Å². The van der Waals surface area contributed by atoms with E-state index in [-0.39, 0.29) is 0 Å². The van der Waals surface area contributed by atoms with Crippen molar-refractivity contribution >= 4 is 0 Å². The van der Waals surface area contributed by atoms with Crippen molar-refractivity contribution in [2.45, 2.75) is 45.6 Å². The Hall–Kier alpha value is -0.860. The molecule has 0 bridgehead atoms. The molecule has 0 saturated carbocycles. The molecule has 0 amide bonds. The maximum Gasteiger partial charge on any atom is 0.0113 e. The minimum absolute atomic E-state index is 0.807. The van der Waals surface area contributed by atoms with E-state index in [2.05, 4.69) is 54.0 Å². The third-order valence-electron chi connectivity index (χ3n) is 4.65. The largest absolute Gasteiger partial charge is 0.301 e. The normalized spacial score (nSPS) is 17.8. The van der Waals surface area contributed by atoms with Gasteiger partial charge in [0.05, 0.1) is 0 Å². The van der Waals surface area contributed by atoms with Crippen LogP contribution in [0.1, 0.15) is 38.7 Å². The zero-order valence-electron chi connectivity index (χ0n) is 13.2. The van der Waals surface area contributed by atoms with Crippen molar-refractivity contribution in [2.24, 2.45) is 0 Å². The zero-order chi connectivity index (χ0) is 14.2. The van der Waals surface area contributed by atoms with Gasteiger partial charge in [0, 0.05) is 32.2 Å². The molecule has 0 atom stereocenters. The van der Waals surface area contributed by atoms with Crippen molar-refractivity contribution in [3.8, 4) is 0 Å². The Labute approximate surface area is 124 Å². The lowest BCUT2D eigenvalue weighted by Gasteiger charge is -2.38. The lowest BCUT2D eigenvalue weighted by atomic mass is 10.1. The highest BCUT2D eigenvalue weighted by Crippen LogP contribution is 2.12. The SMILES string of the molecule is CCC(CC)N1CCN(CCCc2ccccc2)CC1. The molecule has 1 aliphatic heterocycles. The average molecular weight is 274 g/mol. The smallest absolute Gasteiger partial charge is 0.0113 e. The van der Waals surface area contributed by atoms with E-state index in [0.717, 1.165) is 6.04 Å². The second kappa shape index (κ2) is 8.43. The predicted octanol–water partition coefficient (Wildman–Crippen LogP) is 3.43. The highest BCUT2D eigenvalue weighted by molar-refractivity contribution is 5.14. The van der Waals surface area contributed by atoms with Gasteiger partial charge in [-0.15, -0.1) is 0 Å². The quantitative estimate of drug-likeness (QED) is 0.751. The first-order chi connectivity index (χ1) is 9.83. The van der Waals surface area contributed by atoms with Gasteiger partial charge in [-0.25, -0.2) is 0 Å². The van der Waals surface area contributed by atoms with Crippen molar-refractivity contribution < 1.29 is 0 Å². The summed E-state index contributed by atoms with van der Waals surface area (Å²) in [4.78, 5) is 5.33. The summed E-state index contributed by atoms with van der Waals surface area (Å²) in [5.41, 5.74) is 1.48. The Morgan fingerprint density at radius 1 is 0.950 bits per heavy atom. The Balaban J connectivity index is 1.65. The summed E-state index contributed by atoms with van der Waals surface area (Å²) in [6.07, 6.45) is 5.09. The summed E-state index contributed by atoms with van der Waals surface area (Å²) < 4.78 is 0. The third-order valence-corrected chi connectivity index (χ3v) is 4.65. The van der Waals surface area contributed by atoms with Gasteiger partial charge in [0.1, 0.15) is 0 Å². The summed E-state index contributed by atoms with van der Waals surface area (Å²) in [6.45, 7) is 10.9. The van der Waals surface area contributed by atoms with Crippen LogP contribution >= 0.6 is 0 Å². The lowest BCUT2D eigenvalue weighted by Crippen LogP contribution is -2.50. The van der Waals surface area contributed by atoms with Crippen molar-refractivity contribution in [1.82, 2.24) is 9.80 Å². The van der Waals surface area contributed by atoms with Gasteiger partial charge in [0.2, 0.25) is 0 Å². The summed E-state index contributed by atoms with van der Waals surface area (Å²) >= 11 is 0. The molecule has 1 fully saturated rings. The highest BCUT2D eigenvalue weighted by Gasteiger charge is 2.20. The van der Waals surface area contributed by atoms with Crippen molar-refractivity contribution in [3.05, 3.63) is 35.9 Å². The number of rotatable bonds is 7. The molecule has 0 spiro atoms. The number of aryl methyl sites for hydroxylation is 1. The fourth-order valence-corrected chi connectivity index (χ4v) is 3.31. The zero-order valence-corrected chi connectivity index (χ0v) is 13.2. The molecule has 1 aromatic carbocycles. The van der Waals surface area contributed by atoms with Crippen LogP contribution in [0.5, 0.6) is 0 Å². The number of benzene rings is 1. The molecule has 2 heteroatoms. The van der Waals surface area contributed by atoms with Crippen molar-refractivity contribution in [3.63, 3.8) is 0 Å². The second-order valence-corrected chi connectivity index (χ2v) is 5.94. The first kappa shape index (κ1) is 15.5. The van der Waals surface area contributed by atoms with E-state index in [0.29, 0.717) is 0 Å². The minimum Gasteiger partial charge on any atom is -0.301 e. The van der Waals surface area contributed by atoms with Gasteiger partial charge in [-0.3, -0.25) is 4.90 Å². The molecule has 0 aromatic heterocycles. The Bertz CT molecular complexity index is 351. The van der Waals surface area contributed by atoms with Crippen molar-refractivity contribution in [2.75, 3.05) is 32.7 Å². The molecule has 2 nitrogen and oxygen atoms in total. The Morgan fingerprint density at radius 2 is 1.60 bits per heavy atom. The third kappa shape index (κ3) is 4.60. The van der Waals surface area contributed by atoms with E-state index in [1.165, 1.54) is 64.0 Å². The van der Waals surface area contributed by atoms with Crippen LogP contribution in [-0.4, -0.2) is 48.6 Å². The van der Waals surface area contributed by atoms with Gasteiger partial charge in [0.15, 0.2) is 0 Å². The van der Waals surface area contributed by atoms with E-state index < -0.39 is 0 Å². The fraction of sp³-hybridized carbons (Fsp3) is 0.667. The fourth-order valence-electron chi connectivity index (χ4n) is 3.31. The molecule has 20 heavy (non-hydrogen) atoms. The van der Waals surface area contributed by atoms with Crippen LogP contribution in [0.2, 0.25) is 0 Å². The Kier molecular flexibility index (Phi) is 6.55. The molecule has 0 unspecified atom stereocenters. The van der Waals surface area contributed by atoms with Crippen LogP contribution in [0.15, 0.2) is 30.3 Å². The van der Waals surface area contributed by atoms with Gasteiger partial charge in [-0.2, -0.15) is 0 Å². The van der Waals surface area contributed by atoms with Crippen LogP contribution in [-0.2, 0) is 6.42 Å². The average Bonchev–Trinajstić information content (AvgIpc) is 2.51. The maximum absolute atomic E-state index is 2.69. The number of hydrogen-bond acceptors (Lipinski definition) is 2.